The van der Waals surface area contributed by atoms with Crippen molar-refractivity contribution >= 4 is 15.0 Å². The predicted octanol–water partition coefficient (Wildman–Crippen LogP) is 2.29. The molecule has 1 aromatic rings. The van der Waals surface area contributed by atoms with Gasteiger partial charge in [0.2, 0.25) is 0 Å². The molecule has 0 fully saturated rings. The topological polar surface area (TPSA) is 23.8 Å². The molecule has 0 amide bonds. The van der Waals surface area contributed by atoms with Crippen LogP contribution in [0, 0.1) is 22.1 Å². The van der Waals surface area contributed by atoms with Crippen LogP contribution in [0.4, 0.5) is 13.2 Å². The Bertz CT molecular complexity index is 445. The van der Waals surface area contributed by atoms with Gasteiger partial charge in [-0.2, -0.15) is 0 Å². The maximum absolute atomic E-state index is 11.8. The molecule has 0 spiro atoms. The molecule has 0 saturated carbocycles. The van der Waals surface area contributed by atoms with E-state index in [2.05, 4.69) is 10.7 Å². The third-order valence-corrected chi connectivity index (χ3v) is 2.51. The number of nitrogens with zero attached hydrogens (tertiary/aromatic N) is 1. The molecule has 0 bridgehead atoms. The van der Waals surface area contributed by atoms with E-state index in [1.54, 1.807) is 24.3 Å². The average molecular weight is 288 g/mol. The number of nitriles is 1. The first kappa shape index (κ1) is 12.6. The Kier molecular flexibility index (Phi) is 4.43. The molecule has 0 aromatic heterocycles. The molecule has 1 aromatic carbocycles. The van der Waals surface area contributed by atoms with Crippen molar-refractivity contribution in [2.45, 2.75) is 11.5 Å². The summed E-state index contributed by atoms with van der Waals surface area (Å²) in [6, 6.07) is 8.60. The number of halogens is 3. The van der Waals surface area contributed by atoms with Crippen LogP contribution in [0.25, 0.3) is 0 Å². The third-order valence-electron chi connectivity index (χ3n) is 1.60. The molecule has 1 rings (SSSR count). The van der Waals surface area contributed by atoms with Gasteiger partial charge in [0.25, 0.3) is 0 Å². The van der Waals surface area contributed by atoms with E-state index in [1.165, 1.54) is 0 Å². The van der Waals surface area contributed by atoms with Gasteiger partial charge in [0, 0.05) is 0 Å². The predicted molar refractivity (Wildman–Crippen MR) is 54.4 cm³/mol. The summed E-state index contributed by atoms with van der Waals surface area (Å²) in [5.41, 5.74) is 1.36. The van der Waals surface area contributed by atoms with E-state index in [4.69, 9.17) is 5.26 Å². The van der Waals surface area contributed by atoms with Crippen LogP contribution in [0.3, 0.4) is 0 Å². The fraction of sp³-hybridized carbons (Fsp3) is 0.182. The Morgan fingerprint density at radius 2 is 1.81 bits per heavy atom. The summed E-state index contributed by atoms with van der Waals surface area (Å²) in [6.07, 6.45) is 0.292. The average Bonchev–Trinajstić information content (AvgIpc) is 2.19. The maximum atomic E-state index is 11.8. The molecule has 0 aliphatic rings. The Labute approximate surface area is 97.4 Å². The van der Waals surface area contributed by atoms with Crippen LogP contribution < -0.4 is 0 Å². The van der Waals surface area contributed by atoms with Gasteiger partial charge in [0.15, 0.2) is 0 Å². The number of hydrogen-bond acceptors (Lipinski definition) is 1. The van der Waals surface area contributed by atoms with Crippen molar-refractivity contribution in [1.29, 1.82) is 5.26 Å². The standard InChI is InChI=1S/C11H6F3NSe/c12-11(13,14)16-8-6-10-3-1-9(2-4-10)5-7-15/h1-4H,5H2. The van der Waals surface area contributed by atoms with Gasteiger partial charge in [-0.25, -0.2) is 0 Å². The van der Waals surface area contributed by atoms with Gasteiger partial charge in [0.1, 0.15) is 0 Å². The first-order chi connectivity index (χ1) is 7.51. The van der Waals surface area contributed by atoms with Crippen LogP contribution in [0.2, 0.25) is 0 Å². The van der Waals surface area contributed by atoms with E-state index in [9.17, 15) is 13.2 Å². The van der Waals surface area contributed by atoms with Gasteiger partial charge in [-0.05, 0) is 0 Å². The second kappa shape index (κ2) is 5.61. The monoisotopic (exact) mass is 289 g/mol. The van der Waals surface area contributed by atoms with Crippen LogP contribution in [-0.2, 0) is 6.42 Å². The fourth-order valence-electron chi connectivity index (χ4n) is 0.940. The van der Waals surface area contributed by atoms with E-state index in [0.29, 0.717) is 12.0 Å². The molecule has 0 atom stereocenters. The summed E-state index contributed by atoms with van der Waals surface area (Å²) in [4.78, 5) is 2.12. The zero-order chi connectivity index (χ0) is 12.0. The SMILES string of the molecule is N#CCc1ccc(C#C[Se]C(F)(F)F)cc1. The Morgan fingerprint density at radius 3 is 2.31 bits per heavy atom. The van der Waals surface area contributed by atoms with E-state index < -0.39 is 20.0 Å². The minimum atomic E-state index is -4.18. The second-order valence-electron chi connectivity index (χ2n) is 2.81. The number of alkyl halides is 3. The minimum absolute atomic E-state index is 0.292. The molecule has 0 aliphatic carbocycles. The van der Waals surface area contributed by atoms with Crippen molar-refractivity contribution in [2.75, 3.05) is 0 Å². The molecule has 0 aliphatic heterocycles. The van der Waals surface area contributed by atoms with Crippen molar-refractivity contribution in [3.8, 4) is 16.8 Å². The summed E-state index contributed by atoms with van der Waals surface area (Å²) in [5, 5.41) is 4.24. The van der Waals surface area contributed by atoms with Crippen LogP contribution in [-0.4, -0.2) is 20.0 Å². The number of rotatable bonds is 1. The van der Waals surface area contributed by atoms with Crippen LogP contribution in [0.15, 0.2) is 24.3 Å². The number of benzene rings is 1. The van der Waals surface area contributed by atoms with Crippen molar-refractivity contribution in [2.24, 2.45) is 0 Å². The van der Waals surface area contributed by atoms with Crippen molar-refractivity contribution in [3.05, 3.63) is 35.4 Å². The Balaban J connectivity index is 2.66. The van der Waals surface area contributed by atoms with Crippen LogP contribution in [0.1, 0.15) is 11.1 Å². The second-order valence-corrected chi connectivity index (χ2v) is 4.63. The third kappa shape index (κ3) is 4.89. The zero-order valence-electron chi connectivity index (χ0n) is 8.01. The van der Waals surface area contributed by atoms with Crippen LogP contribution >= 0.6 is 0 Å². The van der Waals surface area contributed by atoms with E-state index in [-0.39, 0.29) is 0 Å². The van der Waals surface area contributed by atoms with E-state index in [1.807, 2.05) is 6.07 Å². The summed E-state index contributed by atoms with van der Waals surface area (Å²) >= 11 is -1.65. The molecule has 0 unspecified atom stereocenters. The molecular weight excluding hydrogens is 282 g/mol. The molecule has 0 radical (unpaired) electrons. The van der Waals surface area contributed by atoms with Gasteiger partial charge >= 0.3 is 97.1 Å². The van der Waals surface area contributed by atoms with Gasteiger partial charge in [-0.3, -0.25) is 0 Å². The molecule has 0 N–H and O–H groups in total. The van der Waals surface area contributed by atoms with Gasteiger partial charge < -0.3 is 0 Å². The van der Waals surface area contributed by atoms with Crippen molar-refractivity contribution in [1.82, 2.24) is 0 Å². The summed E-state index contributed by atoms with van der Waals surface area (Å²) < 4.78 is 35.4. The molecule has 16 heavy (non-hydrogen) atoms. The normalized spacial score (nSPS) is 10.1. The first-order valence-corrected chi connectivity index (χ1v) is 5.94. The summed E-state index contributed by atoms with van der Waals surface area (Å²) in [5.74, 6) is 2.45. The number of hydrogen-bond donors (Lipinski definition) is 0. The van der Waals surface area contributed by atoms with Crippen molar-refractivity contribution in [3.63, 3.8) is 0 Å². The summed E-state index contributed by atoms with van der Waals surface area (Å²) in [7, 11) is 0. The zero-order valence-corrected chi connectivity index (χ0v) is 9.72. The fourth-order valence-corrected chi connectivity index (χ4v) is 1.54. The summed E-state index contributed by atoms with van der Waals surface area (Å²) in [6.45, 7) is 0. The van der Waals surface area contributed by atoms with Gasteiger partial charge in [0.05, 0.1) is 0 Å². The Hall–Kier alpha value is -1.42. The molecule has 0 heterocycles. The molecule has 0 saturated heterocycles. The Morgan fingerprint density at radius 1 is 1.19 bits per heavy atom. The quantitative estimate of drug-likeness (QED) is 0.574. The molecular formula is C11H6F3NSe. The molecule has 1 nitrogen and oxygen atoms in total. The van der Waals surface area contributed by atoms with Gasteiger partial charge in [-0.1, -0.05) is 0 Å². The molecule has 5 heteroatoms. The first-order valence-electron chi connectivity index (χ1n) is 4.23. The van der Waals surface area contributed by atoms with Crippen molar-refractivity contribution < 1.29 is 13.2 Å². The van der Waals surface area contributed by atoms with Crippen LogP contribution in [0.5, 0.6) is 0 Å². The molecule has 82 valence electrons. The van der Waals surface area contributed by atoms with Gasteiger partial charge in [-0.15, -0.1) is 0 Å². The van der Waals surface area contributed by atoms with E-state index in [0.717, 1.165) is 5.56 Å². The van der Waals surface area contributed by atoms with E-state index >= 15 is 0 Å².